The fourth-order valence-electron chi connectivity index (χ4n) is 7.24. The second kappa shape index (κ2) is 9.87. The van der Waals surface area contributed by atoms with Crippen molar-refractivity contribution < 1.29 is 0 Å². The van der Waals surface area contributed by atoms with E-state index >= 15 is 0 Å². The summed E-state index contributed by atoms with van der Waals surface area (Å²) in [5.41, 5.74) is 9.32. The summed E-state index contributed by atoms with van der Waals surface area (Å²) in [7, 11) is 0. The van der Waals surface area contributed by atoms with Crippen molar-refractivity contribution in [2.45, 2.75) is 0 Å². The minimum Gasteiger partial charge on any atom is -0.291 e. The number of hydrogen-bond acceptors (Lipinski definition) is 2. The molecule has 3 heterocycles. The highest BCUT2D eigenvalue weighted by atomic mass is 32.1. The third kappa shape index (κ3) is 3.73. The number of benzene rings is 7. The largest absolute Gasteiger partial charge is 0.291 e. The van der Waals surface area contributed by atoms with E-state index in [2.05, 4.69) is 162 Å². The van der Waals surface area contributed by atoms with Gasteiger partial charge in [0.25, 0.3) is 0 Å². The summed E-state index contributed by atoms with van der Waals surface area (Å²) in [5.74, 6) is 0. The molecular formula is C43H26N2S. The number of fused-ring (bicyclic) bond motifs is 13. The lowest BCUT2D eigenvalue weighted by Gasteiger charge is -2.12. The topological polar surface area (TPSA) is 17.3 Å². The van der Waals surface area contributed by atoms with Gasteiger partial charge in [0.2, 0.25) is 0 Å². The molecule has 0 radical (unpaired) electrons. The summed E-state index contributed by atoms with van der Waals surface area (Å²) in [6.45, 7) is 0. The summed E-state index contributed by atoms with van der Waals surface area (Å²) in [6, 6.07) is 57.1. The first-order valence-corrected chi connectivity index (χ1v) is 16.5. The maximum atomic E-state index is 5.41. The van der Waals surface area contributed by atoms with E-state index in [9.17, 15) is 0 Å². The van der Waals surface area contributed by atoms with Crippen molar-refractivity contribution >= 4 is 71.2 Å². The van der Waals surface area contributed by atoms with Gasteiger partial charge in [0.05, 0.1) is 16.6 Å². The Bertz CT molecular complexity index is 2790. The van der Waals surface area contributed by atoms with Gasteiger partial charge in [0.15, 0.2) is 0 Å². The van der Waals surface area contributed by atoms with E-state index in [0.717, 1.165) is 16.6 Å². The third-order valence-corrected chi connectivity index (χ3v) is 10.6. The second-order valence-corrected chi connectivity index (χ2v) is 13.0. The molecule has 0 saturated heterocycles. The molecule has 2 nitrogen and oxygen atoms in total. The number of pyridine rings is 1. The summed E-state index contributed by atoms with van der Waals surface area (Å²) in [4.78, 5) is 7.98. The SMILES string of the molecule is c1ccc(-c2ccc(-c3ccc(-c4ccc5c(c4)c4ccccc4n4c5nc5c6ccccc6c6ccccc6c54)cc3)s2)cc1. The molecule has 46 heavy (non-hydrogen) atoms. The average Bonchev–Trinajstić information content (AvgIpc) is 3.79. The Kier molecular flexibility index (Phi) is 5.48. The van der Waals surface area contributed by atoms with E-state index in [1.165, 1.54) is 75.4 Å². The standard InChI is InChI=1S/C43H26N2S/c1-2-10-28(11-3-1)39-24-25-40(46-39)29-20-18-27(19-21-29)30-22-23-36-37(26-30)33-14-8-9-17-38(33)45-42-35-16-7-5-13-32(35)31-12-4-6-15-34(31)41(42)44-43(36)45/h1-26H. The highest BCUT2D eigenvalue weighted by Crippen LogP contribution is 2.41. The van der Waals surface area contributed by atoms with Crippen molar-refractivity contribution in [1.29, 1.82) is 0 Å². The maximum absolute atomic E-state index is 5.41. The zero-order valence-corrected chi connectivity index (χ0v) is 25.6. The molecule has 214 valence electrons. The van der Waals surface area contributed by atoms with Crippen molar-refractivity contribution in [2.24, 2.45) is 0 Å². The third-order valence-electron chi connectivity index (χ3n) is 9.39. The van der Waals surface area contributed by atoms with Crippen molar-refractivity contribution in [1.82, 2.24) is 9.38 Å². The molecule has 0 aliphatic rings. The number of hydrogen-bond donors (Lipinski definition) is 0. The molecule has 0 saturated carbocycles. The highest BCUT2D eigenvalue weighted by molar-refractivity contribution is 7.18. The van der Waals surface area contributed by atoms with E-state index < -0.39 is 0 Å². The van der Waals surface area contributed by atoms with Crippen molar-refractivity contribution in [3.63, 3.8) is 0 Å². The number of para-hydroxylation sites is 1. The normalized spacial score (nSPS) is 11.9. The molecule has 0 spiro atoms. The smallest absolute Gasteiger partial charge is 0.146 e. The Morgan fingerprint density at radius 1 is 0.391 bits per heavy atom. The predicted molar refractivity (Wildman–Crippen MR) is 197 cm³/mol. The summed E-state index contributed by atoms with van der Waals surface area (Å²) in [6.07, 6.45) is 0. The first-order chi connectivity index (χ1) is 22.8. The van der Waals surface area contributed by atoms with Gasteiger partial charge in [0, 0.05) is 31.3 Å². The van der Waals surface area contributed by atoms with E-state index in [-0.39, 0.29) is 0 Å². The second-order valence-electron chi connectivity index (χ2n) is 11.9. The first-order valence-electron chi connectivity index (χ1n) is 15.6. The molecule has 0 unspecified atom stereocenters. The van der Waals surface area contributed by atoms with Gasteiger partial charge < -0.3 is 0 Å². The monoisotopic (exact) mass is 602 g/mol. The van der Waals surface area contributed by atoms with Crippen LogP contribution in [0.5, 0.6) is 0 Å². The van der Waals surface area contributed by atoms with E-state index in [1.807, 2.05) is 11.3 Å². The van der Waals surface area contributed by atoms with Crippen LogP contribution in [0.25, 0.3) is 91.9 Å². The Labute approximate surface area is 269 Å². The maximum Gasteiger partial charge on any atom is 0.146 e. The fraction of sp³-hybridized carbons (Fsp3) is 0. The minimum absolute atomic E-state index is 0.999. The van der Waals surface area contributed by atoms with Gasteiger partial charge in [-0.1, -0.05) is 127 Å². The minimum atomic E-state index is 0.999. The molecule has 0 bridgehead atoms. The van der Waals surface area contributed by atoms with Crippen molar-refractivity contribution in [3.8, 4) is 32.0 Å². The molecule has 0 N–H and O–H groups in total. The van der Waals surface area contributed by atoms with Gasteiger partial charge in [-0.15, -0.1) is 11.3 Å². The van der Waals surface area contributed by atoms with Gasteiger partial charge in [0.1, 0.15) is 5.65 Å². The van der Waals surface area contributed by atoms with Crippen molar-refractivity contribution in [2.75, 3.05) is 0 Å². The van der Waals surface area contributed by atoms with Crippen LogP contribution in [-0.4, -0.2) is 9.38 Å². The first kappa shape index (κ1) is 25.5. The lowest BCUT2D eigenvalue weighted by Crippen LogP contribution is -1.92. The van der Waals surface area contributed by atoms with Crippen LogP contribution in [0.15, 0.2) is 158 Å². The Balaban J connectivity index is 1.16. The van der Waals surface area contributed by atoms with Gasteiger partial charge in [-0.25, -0.2) is 4.98 Å². The fourth-order valence-corrected chi connectivity index (χ4v) is 8.25. The molecule has 10 aromatic rings. The van der Waals surface area contributed by atoms with Crippen LogP contribution in [0, 0.1) is 0 Å². The van der Waals surface area contributed by atoms with Gasteiger partial charge in [-0.2, -0.15) is 0 Å². The zero-order valence-electron chi connectivity index (χ0n) is 24.8. The van der Waals surface area contributed by atoms with Crippen LogP contribution in [0.1, 0.15) is 0 Å². The number of nitrogens with zero attached hydrogens (tertiary/aromatic N) is 2. The van der Waals surface area contributed by atoms with Crippen LogP contribution in [-0.2, 0) is 0 Å². The Morgan fingerprint density at radius 2 is 0.957 bits per heavy atom. The predicted octanol–water partition coefficient (Wildman–Crippen LogP) is 12.2. The number of rotatable bonds is 3. The quantitative estimate of drug-likeness (QED) is 0.184. The van der Waals surface area contributed by atoms with Crippen LogP contribution in [0.3, 0.4) is 0 Å². The molecule has 10 rings (SSSR count). The Hall–Kier alpha value is -5.77. The summed E-state index contributed by atoms with van der Waals surface area (Å²) >= 11 is 1.84. The molecule has 0 amide bonds. The molecule has 0 fully saturated rings. The Morgan fingerprint density at radius 3 is 1.72 bits per heavy atom. The molecule has 3 aromatic heterocycles. The van der Waals surface area contributed by atoms with Gasteiger partial charge in [-0.3, -0.25) is 4.40 Å². The lowest BCUT2D eigenvalue weighted by molar-refractivity contribution is 1.32. The highest BCUT2D eigenvalue weighted by Gasteiger charge is 2.19. The van der Waals surface area contributed by atoms with E-state index in [0.29, 0.717) is 0 Å². The number of imidazole rings is 1. The number of thiophene rings is 1. The van der Waals surface area contributed by atoms with Crippen LogP contribution >= 0.6 is 11.3 Å². The summed E-state index contributed by atoms with van der Waals surface area (Å²) in [5, 5.41) is 8.53. The average molecular weight is 603 g/mol. The van der Waals surface area contributed by atoms with Crippen LogP contribution in [0.2, 0.25) is 0 Å². The molecule has 0 aliphatic heterocycles. The lowest BCUT2D eigenvalue weighted by atomic mass is 9.98. The van der Waals surface area contributed by atoms with Gasteiger partial charge >= 0.3 is 0 Å². The van der Waals surface area contributed by atoms with E-state index in [4.69, 9.17) is 4.98 Å². The molecular weight excluding hydrogens is 577 g/mol. The van der Waals surface area contributed by atoms with E-state index in [1.54, 1.807) is 0 Å². The molecule has 0 aliphatic carbocycles. The number of aromatic nitrogens is 2. The van der Waals surface area contributed by atoms with Gasteiger partial charge in [-0.05, 0) is 68.7 Å². The molecule has 3 heteroatoms. The van der Waals surface area contributed by atoms with Crippen molar-refractivity contribution in [3.05, 3.63) is 158 Å². The van der Waals surface area contributed by atoms with Crippen LogP contribution in [0.4, 0.5) is 0 Å². The summed E-state index contributed by atoms with van der Waals surface area (Å²) < 4.78 is 2.39. The molecule has 0 atom stereocenters. The molecule has 7 aromatic carbocycles. The zero-order chi connectivity index (χ0) is 30.2. The van der Waals surface area contributed by atoms with Crippen LogP contribution < -0.4 is 0 Å².